The van der Waals surface area contributed by atoms with E-state index in [1.807, 2.05) is 32.8 Å². The lowest BCUT2D eigenvalue weighted by Crippen LogP contribution is -2.61. The van der Waals surface area contributed by atoms with Gasteiger partial charge in [0.15, 0.2) is 24.0 Å². The number of nitrogens with zero attached hydrogens (tertiary/aromatic N) is 2. The van der Waals surface area contributed by atoms with Gasteiger partial charge in [0, 0.05) is 37.3 Å². The lowest BCUT2D eigenvalue weighted by molar-refractivity contribution is -0.299. The molecule has 3 aliphatic heterocycles. The molecule has 296 valence electrons. The number of aliphatic imine (C=N–C) groups is 1. The first-order valence-corrected chi connectivity index (χ1v) is 18.6. The van der Waals surface area contributed by atoms with Gasteiger partial charge in [-0.25, -0.2) is 14.2 Å². The van der Waals surface area contributed by atoms with Crippen LogP contribution in [0.2, 0.25) is 0 Å². The number of hydrogen-bond acceptors (Lipinski definition) is 12. The van der Waals surface area contributed by atoms with Gasteiger partial charge in [-0.3, -0.25) is 19.2 Å². The number of amides is 1. The number of hydrogen-bond donors (Lipinski definition) is 1. The number of alkyl halides is 1. The van der Waals surface area contributed by atoms with Crippen molar-refractivity contribution in [3.63, 3.8) is 0 Å². The van der Waals surface area contributed by atoms with E-state index >= 15 is 4.39 Å². The third kappa shape index (κ3) is 9.52. The summed E-state index contributed by atoms with van der Waals surface area (Å²) in [5, 5.41) is 12.2. The number of fused-ring (bicyclic) bond motifs is 5. The summed E-state index contributed by atoms with van der Waals surface area (Å²) in [5.74, 6) is -7.39. The summed E-state index contributed by atoms with van der Waals surface area (Å²) in [6, 6.07) is -0.374. The quantitative estimate of drug-likeness (QED) is 0.305. The third-order valence-corrected chi connectivity index (χ3v) is 11.3. The van der Waals surface area contributed by atoms with Crippen molar-refractivity contribution in [3.8, 4) is 0 Å². The van der Waals surface area contributed by atoms with Gasteiger partial charge in [0.2, 0.25) is 5.91 Å². The Morgan fingerprint density at radius 1 is 1.06 bits per heavy atom. The van der Waals surface area contributed by atoms with Gasteiger partial charge in [0.05, 0.1) is 23.9 Å². The summed E-state index contributed by atoms with van der Waals surface area (Å²) in [7, 11) is 3.64. The predicted octanol–water partition coefficient (Wildman–Crippen LogP) is 4.18. The fraction of sp³-hybridized carbons (Fsp3) is 0.842. The van der Waals surface area contributed by atoms with Crippen molar-refractivity contribution in [1.29, 1.82) is 0 Å². The van der Waals surface area contributed by atoms with Gasteiger partial charge < -0.3 is 33.7 Å². The van der Waals surface area contributed by atoms with Crippen LogP contribution in [0.15, 0.2) is 4.99 Å². The minimum Gasteiger partial charge on any atom is -0.457 e. The first kappa shape index (κ1) is 43.8. The normalized spacial score (nSPS) is 42.2. The van der Waals surface area contributed by atoms with Gasteiger partial charge in [-0.15, -0.1) is 0 Å². The molecule has 2 bridgehead atoms. The SMILES string of the molecule is CCC(=O)N=C1[C@H](C)C[C@@]2(C)OCC(=O)CC[C@H]([C@H]1C)[C@](C)(O)[C@@H](CC)OC(=O)[C@@](C)(F)C(=O)C(C)[C@H]2O[C@@H]1O[C@H](C)C[C@H](N(C)C)[C@H]1OC(C)=O. The summed E-state index contributed by atoms with van der Waals surface area (Å²) in [4.78, 5) is 73.3. The molecule has 0 aliphatic carbocycles. The molecular weight excluding hydrogens is 679 g/mol. The molecule has 0 radical (unpaired) electrons. The Morgan fingerprint density at radius 2 is 1.69 bits per heavy atom. The van der Waals surface area contributed by atoms with Gasteiger partial charge in [-0.05, 0) is 79.3 Å². The average Bonchev–Trinajstić information content (AvgIpc) is 3.07. The minimum absolute atomic E-state index is 0.0138. The van der Waals surface area contributed by atoms with E-state index in [1.165, 1.54) is 20.8 Å². The van der Waals surface area contributed by atoms with Crippen LogP contribution in [-0.4, -0.2) is 119 Å². The summed E-state index contributed by atoms with van der Waals surface area (Å²) in [5.41, 5.74) is -6.18. The number of aliphatic hydroxyl groups is 1. The molecule has 3 rings (SSSR count). The number of ether oxygens (including phenoxy) is 5. The fourth-order valence-electron chi connectivity index (χ4n) is 8.39. The van der Waals surface area contributed by atoms with Crippen LogP contribution in [0.25, 0.3) is 0 Å². The van der Waals surface area contributed by atoms with E-state index in [9.17, 15) is 29.1 Å². The molecule has 0 aromatic rings. The van der Waals surface area contributed by atoms with Crippen molar-refractivity contribution >= 4 is 35.1 Å². The van der Waals surface area contributed by atoms with Crippen molar-refractivity contribution in [1.82, 2.24) is 4.90 Å². The Morgan fingerprint density at radius 3 is 2.25 bits per heavy atom. The predicted molar refractivity (Wildman–Crippen MR) is 189 cm³/mol. The summed E-state index contributed by atoms with van der Waals surface area (Å²) < 4.78 is 47.6. The van der Waals surface area contributed by atoms with E-state index in [-0.39, 0.29) is 43.9 Å². The molecule has 13 atom stereocenters. The molecule has 1 amide bonds. The first-order chi connectivity index (χ1) is 24.0. The highest BCUT2D eigenvalue weighted by atomic mass is 19.1. The Hall–Kier alpha value is -2.65. The number of rotatable bonds is 6. The smallest absolute Gasteiger partial charge is 0.351 e. The van der Waals surface area contributed by atoms with E-state index in [4.69, 9.17) is 23.7 Å². The van der Waals surface area contributed by atoms with Crippen molar-refractivity contribution in [3.05, 3.63) is 0 Å². The number of cyclic esters (lactones) is 1. The van der Waals surface area contributed by atoms with Crippen LogP contribution < -0.4 is 0 Å². The number of likely N-dealkylation sites (N-methyl/N-ethyl adjacent to an activating group) is 1. The molecule has 3 aliphatic rings. The van der Waals surface area contributed by atoms with Gasteiger partial charge in [0.25, 0.3) is 5.67 Å². The number of ketones is 2. The Bertz CT molecular complexity index is 1370. The maximum absolute atomic E-state index is 16.7. The van der Waals surface area contributed by atoms with E-state index in [1.54, 1.807) is 27.7 Å². The van der Waals surface area contributed by atoms with Crippen LogP contribution in [0.4, 0.5) is 4.39 Å². The van der Waals surface area contributed by atoms with E-state index < -0.39 is 101 Å². The highest BCUT2D eigenvalue weighted by Gasteiger charge is 2.56. The number of Topliss-reactive ketones (excluding diaryl/α,β-unsaturated/α-hetero) is 2. The number of carbonyl (C=O) groups is 5. The second-order valence-electron chi connectivity index (χ2n) is 15.9. The molecule has 13 nitrogen and oxygen atoms in total. The molecule has 52 heavy (non-hydrogen) atoms. The van der Waals surface area contributed by atoms with Crippen LogP contribution in [-0.2, 0) is 47.7 Å². The fourth-order valence-corrected chi connectivity index (χ4v) is 8.39. The lowest BCUT2D eigenvalue weighted by atomic mass is 9.68. The van der Waals surface area contributed by atoms with E-state index in [2.05, 4.69) is 4.99 Å². The zero-order valence-electron chi connectivity index (χ0n) is 33.0. The summed E-state index contributed by atoms with van der Waals surface area (Å²) >= 11 is 0. The zero-order chi connectivity index (χ0) is 39.5. The van der Waals surface area contributed by atoms with Crippen LogP contribution in [0, 0.1) is 23.7 Å². The largest absolute Gasteiger partial charge is 0.457 e. The maximum Gasteiger partial charge on any atom is 0.351 e. The van der Waals surface area contributed by atoms with Crippen molar-refractivity contribution in [2.24, 2.45) is 28.7 Å². The lowest BCUT2D eigenvalue weighted by Gasteiger charge is -2.48. The average molecular weight is 741 g/mol. The first-order valence-electron chi connectivity index (χ1n) is 18.6. The molecule has 3 heterocycles. The monoisotopic (exact) mass is 740 g/mol. The number of halogens is 1. The van der Waals surface area contributed by atoms with Crippen molar-refractivity contribution < 1.29 is 57.2 Å². The van der Waals surface area contributed by atoms with Gasteiger partial charge in [-0.1, -0.05) is 34.6 Å². The number of esters is 2. The van der Waals surface area contributed by atoms with Gasteiger partial charge in [-0.2, -0.15) is 0 Å². The molecule has 0 aromatic heterocycles. The molecular formula is C38H61FN2O11. The second-order valence-corrected chi connectivity index (χ2v) is 15.9. The molecule has 3 fully saturated rings. The minimum atomic E-state index is -3.19. The second kappa shape index (κ2) is 17.2. The summed E-state index contributed by atoms with van der Waals surface area (Å²) in [6.45, 7) is 15.0. The maximum atomic E-state index is 16.7. The standard InChI is InChI=1S/C38H61FN2O11/c1-13-28-38(10,47)26-16-15-25(43)19-48-36(8,18-20(3)30(22(26)5)40-29(44)14-2)33(23(6)32(45)37(9,39)35(46)51-28)52-34-31(50-24(7)42)27(41(11)12)17-21(4)49-34/h20-23,26-28,31,33-34,47H,13-19H2,1-12H3/t20-,21-,22-,23?,26-,27+,28-,31-,33-,34+,36-,37+,38+/m1/s1. The molecule has 0 aromatic carbocycles. The molecule has 1 N–H and O–H groups in total. The van der Waals surface area contributed by atoms with Crippen molar-refractivity contribution in [2.75, 3.05) is 20.7 Å². The van der Waals surface area contributed by atoms with Crippen LogP contribution >= 0.6 is 0 Å². The molecule has 1 unspecified atom stereocenters. The van der Waals surface area contributed by atoms with Gasteiger partial charge in [0.1, 0.15) is 18.3 Å². The van der Waals surface area contributed by atoms with Gasteiger partial charge >= 0.3 is 11.9 Å². The number of carbonyl (C=O) groups excluding carboxylic acids is 5. The Balaban J connectivity index is 2.37. The highest BCUT2D eigenvalue weighted by molar-refractivity contribution is 6.08. The van der Waals surface area contributed by atoms with Crippen molar-refractivity contribution in [2.45, 2.75) is 161 Å². The highest BCUT2D eigenvalue weighted by Crippen LogP contribution is 2.43. The van der Waals surface area contributed by atoms with E-state index in [0.29, 0.717) is 12.1 Å². The zero-order valence-corrected chi connectivity index (χ0v) is 33.0. The molecule has 14 heteroatoms. The third-order valence-electron chi connectivity index (χ3n) is 11.3. The Labute approximate surface area is 307 Å². The summed E-state index contributed by atoms with van der Waals surface area (Å²) in [6.07, 6.45) is -4.63. The Kier molecular flexibility index (Phi) is 14.5. The topological polar surface area (TPSA) is 167 Å². The van der Waals surface area contributed by atoms with Crippen LogP contribution in [0.5, 0.6) is 0 Å². The molecule has 0 spiro atoms. The van der Waals surface area contributed by atoms with E-state index in [0.717, 1.165) is 6.92 Å². The van der Waals surface area contributed by atoms with Crippen LogP contribution in [0.1, 0.15) is 108 Å². The van der Waals surface area contributed by atoms with Crippen LogP contribution in [0.3, 0.4) is 0 Å². The molecule has 3 saturated heterocycles. The molecule has 0 saturated carbocycles.